The smallest absolute Gasteiger partial charge is 0.261 e. The standard InChI is InChI=1S/C28H37N3O5/c1-19(2)14-27-29-24-16-21(30-12-13-36-22(17-30)18-33-3)7-8-23(24)28(32)31(27)11-10-20-6-9-25(34-4)26(15-20)35-5/h6-9,15-16,19,22H,10-14,17-18H2,1-5H3/t22-/m1/s1. The molecule has 8 heteroatoms. The molecule has 0 spiro atoms. The highest BCUT2D eigenvalue weighted by Gasteiger charge is 2.22. The fourth-order valence-electron chi connectivity index (χ4n) is 4.72. The summed E-state index contributed by atoms with van der Waals surface area (Å²) in [6.07, 6.45) is 1.45. The van der Waals surface area contributed by atoms with Crippen molar-refractivity contribution in [1.29, 1.82) is 0 Å². The van der Waals surface area contributed by atoms with E-state index in [1.165, 1.54) is 0 Å². The van der Waals surface area contributed by atoms with Gasteiger partial charge in [0.15, 0.2) is 11.5 Å². The maximum atomic E-state index is 13.6. The van der Waals surface area contributed by atoms with Crippen LogP contribution in [0.5, 0.6) is 11.5 Å². The number of benzene rings is 2. The molecule has 1 atom stereocenters. The quantitative estimate of drug-likeness (QED) is 0.425. The number of hydrogen-bond donors (Lipinski definition) is 0. The van der Waals surface area contributed by atoms with E-state index in [4.69, 9.17) is 23.9 Å². The first-order valence-electron chi connectivity index (χ1n) is 12.5. The van der Waals surface area contributed by atoms with E-state index >= 15 is 0 Å². The van der Waals surface area contributed by atoms with Crippen LogP contribution in [0.25, 0.3) is 10.9 Å². The molecule has 2 heterocycles. The Morgan fingerprint density at radius 3 is 2.61 bits per heavy atom. The van der Waals surface area contributed by atoms with Gasteiger partial charge in [0.2, 0.25) is 0 Å². The third-order valence-corrected chi connectivity index (χ3v) is 6.54. The number of methoxy groups -OCH3 is 3. The van der Waals surface area contributed by atoms with Crippen LogP contribution in [0.15, 0.2) is 41.2 Å². The third kappa shape index (κ3) is 5.82. The van der Waals surface area contributed by atoms with E-state index in [2.05, 4.69) is 18.7 Å². The van der Waals surface area contributed by atoms with Gasteiger partial charge >= 0.3 is 0 Å². The summed E-state index contributed by atoms with van der Waals surface area (Å²) < 4.78 is 23.7. The minimum absolute atomic E-state index is 0.00177. The number of aryl methyl sites for hydroxylation is 1. The van der Waals surface area contributed by atoms with E-state index in [1.807, 2.05) is 41.0 Å². The molecule has 0 radical (unpaired) electrons. The molecule has 2 aromatic carbocycles. The highest BCUT2D eigenvalue weighted by Crippen LogP contribution is 2.28. The highest BCUT2D eigenvalue weighted by molar-refractivity contribution is 5.81. The van der Waals surface area contributed by atoms with E-state index in [0.29, 0.717) is 49.0 Å². The largest absolute Gasteiger partial charge is 0.493 e. The summed E-state index contributed by atoms with van der Waals surface area (Å²) in [6.45, 7) is 7.60. The highest BCUT2D eigenvalue weighted by atomic mass is 16.5. The number of anilines is 1. The van der Waals surface area contributed by atoms with Crippen molar-refractivity contribution in [3.05, 3.63) is 58.1 Å². The molecule has 0 bridgehead atoms. The number of nitrogens with zero attached hydrogens (tertiary/aromatic N) is 3. The molecule has 36 heavy (non-hydrogen) atoms. The van der Waals surface area contributed by atoms with Gasteiger partial charge in [0, 0.05) is 38.9 Å². The van der Waals surface area contributed by atoms with Crippen molar-refractivity contribution in [3.63, 3.8) is 0 Å². The van der Waals surface area contributed by atoms with E-state index in [-0.39, 0.29) is 11.7 Å². The maximum Gasteiger partial charge on any atom is 0.261 e. The molecule has 1 aliphatic rings. The van der Waals surface area contributed by atoms with Crippen LogP contribution in [0.1, 0.15) is 25.2 Å². The second-order valence-electron chi connectivity index (χ2n) is 9.62. The van der Waals surface area contributed by atoms with Crippen molar-refractivity contribution in [2.45, 2.75) is 39.3 Å². The Labute approximate surface area is 212 Å². The molecule has 194 valence electrons. The predicted octanol–water partition coefficient (Wildman–Crippen LogP) is 3.71. The summed E-state index contributed by atoms with van der Waals surface area (Å²) in [4.78, 5) is 20.9. The summed E-state index contributed by atoms with van der Waals surface area (Å²) in [5.74, 6) is 2.57. The van der Waals surface area contributed by atoms with E-state index in [0.717, 1.165) is 42.1 Å². The minimum atomic E-state index is 0.00177. The summed E-state index contributed by atoms with van der Waals surface area (Å²) >= 11 is 0. The van der Waals surface area contributed by atoms with Gasteiger partial charge < -0.3 is 23.8 Å². The molecule has 3 aromatic rings. The zero-order valence-electron chi connectivity index (χ0n) is 22.0. The second-order valence-corrected chi connectivity index (χ2v) is 9.62. The lowest BCUT2D eigenvalue weighted by atomic mass is 10.1. The molecule has 1 saturated heterocycles. The van der Waals surface area contributed by atoms with Crippen LogP contribution < -0.4 is 19.9 Å². The molecule has 1 fully saturated rings. The number of aromatic nitrogens is 2. The van der Waals surface area contributed by atoms with Crippen molar-refractivity contribution in [2.75, 3.05) is 52.5 Å². The molecular weight excluding hydrogens is 458 g/mol. The van der Waals surface area contributed by atoms with Gasteiger partial charge in [0.05, 0.1) is 44.4 Å². The molecule has 0 aliphatic carbocycles. The SMILES string of the molecule is COC[C@H]1CN(c2ccc3c(=O)n(CCc4ccc(OC)c(OC)c4)c(CC(C)C)nc3c2)CCO1. The van der Waals surface area contributed by atoms with E-state index < -0.39 is 0 Å². The van der Waals surface area contributed by atoms with Crippen LogP contribution in [-0.2, 0) is 28.9 Å². The second kappa shape index (κ2) is 11.8. The number of fused-ring (bicyclic) bond motifs is 1. The number of rotatable bonds is 10. The van der Waals surface area contributed by atoms with Crippen LogP contribution in [0.2, 0.25) is 0 Å². The Kier molecular flexibility index (Phi) is 8.48. The molecule has 8 nitrogen and oxygen atoms in total. The summed E-state index contributed by atoms with van der Waals surface area (Å²) in [5, 5.41) is 0.639. The van der Waals surface area contributed by atoms with Crippen LogP contribution in [0.4, 0.5) is 5.69 Å². The topological polar surface area (TPSA) is 75.1 Å². The first-order valence-corrected chi connectivity index (χ1v) is 12.5. The summed E-state index contributed by atoms with van der Waals surface area (Å²) in [7, 11) is 4.94. The average molecular weight is 496 g/mol. The number of hydrogen-bond acceptors (Lipinski definition) is 7. The van der Waals surface area contributed by atoms with Gasteiger partial charge in [-0.25, -0.2) is 4.98 Å². The molecule has 1 aliphatic heterocycles. The molecule has 0 N–H and O–H groups in total. The molecule has 0 unspecified atom stereocenters. The molecule has 1 aromatic heterocycles. The Bertz CT molecular complexity index is 1240. The zero-order valence-corrected chi connectivity index (χ0v) is 22.0. The number of ether oxygens (including phenoxy) is 4. The van der Waals surface area contributed by atoms with Gasteiger partial charge in [-0.1, -0.05) is 19.9 Å². The van der Waals surface area contributed by atoms with Gasteiger partial charge in [-0.2, -0.15) is 0 Å². The van der Waals surface area contributed by atoms with Crippen molar-refractivity contribution < 1.29 is 18.9 Å². The molecule has 0 amide bonds. The Morgan fingerprint density at radius 1 is 1.08 bits per heavy atom. The summed E-state index contributed by atoms with van der Waals surface area (Å²) in [6, 6.07) is 11.8. The first kappa shape index (κ1) is 26.0. The van der Waals surface area contributed by atoms with Crippen molar-refractivity contribution in [2.24, 2.45) is 5.92 Å². The molecule has 0 saturated carbocycles. The Hall–Kier alpha value is -3.10. The Balaban J connectivity index is 1.64. The van der Waals surface area contributed by atoms with E-state index in [1.54, 1.807) is 21.3 Å². The monoisotopic (exact) mass is 495 g/mol. The average Bonchev–Trinajstić information content (AvgIpc) is 2.88. The van der Waals surface area contributed by atoms with Crippen molar-refractivity contribution in [1.82, 2.24) is 9.55 Å². The fraction of sp³-hybridized carbons (Fsp3) is 0.500. The fourth-order valence-corrected chi connectivity index (χ4v) is 4.72. The normalized spacial score (nSPS) is 16.1. The lowest BCUT2D eigenvalue weighted by molar-refractivity contribution is -0.0100. The van der Waals surface area contributed by atoms with Gasteiger partial charge in [-0.15, -0.1) is 0 Å². The van der Waals surface area contributed by atoms with Crippen LogP contribution in [0.3, 0.4) is 0 Å². The lowest BCUT2D eigenvalue weighted by Crippen LogP contribution is -2.44. The van der Waals surface area contributed by atoms with Crippen LogP contribution >= 0.6 is 0 Å². The van der Waals surface area contributed by atoms with Gasteiger partial charge in [-0.05, 0) is 48.2 Å². The molecular formula is C28H37N3O5. The predicted molar refractivity (Wildman–Crippen MR) is 142 cm³/mol. The lowest BCUT2D eigenvalue weighted by Gasteiger charge is -2.34. The van der Waals surface area contributed by atoms with Gasteiger partial charge in [0.1, 0.15) is 5.82 Å². The third-order valence-electron chi connectivity index (χ3n) is 6.54. The first-order chi connectivity index (χ1) is 17.4. The maximum absolute atomic E-state index is 13.6. The van der Waals surface area contributed by atoms with Gasteiger partial charge in [0.25, 0.3) is 5.56 Å². The van der Waals surface area contributed by atoms with Crippen LogP contribution in [0, 0.1) is 5.92 Å². The van der Waals surface area contributed by atoms with Crippen molar-refractivity contribution >= 4 is 16.6 Å². The number of morpholine rings is 1. The zero-order chi connectivity index (χ0) is 25.7. The Morgan fingerprint density at radius 2 is 1.89 bits per heavy atom. The minimum Gasteiger partial charge on any atom is -0.493 e. The van der Waals surface area contributed by atoms with E-state index in [9.17, 15) is 4.79 Å². The molecule has 4 rings (SSSR count). The van der Waals surface area contributed by atoms with Crippen LogP contribution in [-0.4, -0.2) is 63.3 Å². The summed E-state index contributed by atoms with van der Waals surface area (Å²) in [5.41, 5.74) is 2.87. The van der Waals surface area contributed by atoms with Gasteiger partial charge in [-0.3, -0.25) is 9.36 Å². The van der Waals surface area contributed by atoms with Crippen molar-refractivity contribution in [3.8, 4) is 11.5 Å².